The second-order valence-electron chi connectivity index (χ2n) is 5.84. The number of fused-ring (bicyclic) bond motifs is 1. The maximum atomic E-state index is 12.3. The molecule has 3 aliphatic rings. The van der Waals surface area contributed by atoms with E-state index in [2.05, 4.69) is 24.3 Å². The highest BCUT2D eigenvalue weighted by molar-refractivity contribution is 5.85. The van der Waals surface area contributed by atoms with Crippen molar-refractivity contribution in [2.75, 3.05) is 7.11 Å². The number of rotatable bonds is 1. The Kier molecular flexibility index (Phi) is 3.71. The van der Waals surface area contributed by atoms with E-state index >= 15 is 0 Å². The fourth-order valence-electron chi connectivity index (χ4n) is 4.15. The van der Waals surface area contributed by atoms with Crippen LogP contribution >= 0.6 is 12.4 Å². The number of esters is 1. The number of methoxy groups -OCH3 is 1. The van der Waals surface area contributed by atoms with Gasteiger partial charge in [0.2, 0.25) is 0 Å². The van der Waals surface area contributed by atoms with Gasteiger partial charge in [-0.3, -0.25) is 4.79 Å². The van der Waals surface area contributed by atoms with Gasteiger partial charge in [0.1, 0.15) is 0 Å². The van der Waals surface area contributed by atoms with Crippen molar-refractivity contribution in [2.24, 2.45) is 11.7 Å². The molecule has 0 heterocycles. The van der Waals surface area contributed by atoms with Gasteiger partial charge in [0.25, 0.3) is 0 Å². The molecule has 2 bridgehead atoms. The molecule has 22 heavy (non-hydrogen) atoms. The Labute approximate surface area is 135 Å². The molecule has 2 unspecified atom stereocenters. The number of halogens is 1. The molecule has 0 spiro atoms. The maximum absolute atomic E-state index is 12.3. The summed E-state index contributed by atoms with van der Waals surface area (Å²) in [7, 11) is 1.44. The van der Waals surface area contributed by atoms with Crippen LogP contribution in [-0.2, 0) is 9.53 Å². The van der Waals surface area contributed by atoms with E-state index in [4.69, 9.17) is 10.5 Å². The van der Waals surface area contributed by atoms with Crippen LogP contribution in [0.1, 0.15) is 34.1 Å². The summed E-state index contributed by atoms with van der Waals surface area (Å²) in [6.45, 7) is 0. The Hall–Kier alpha value is -1.84. The maximum Gasteiger partial charge on any atom is 0.311 e. The van der Waals surface area contributed by atoms with Crippen molar-refractivity contribution in [1.82, 2.24) is 0 Å². The van der Waals surface area contributed by atoms with Crippen molar-refractivity contribution >= 4 is 18.4 Å². The van der Waals surface area contributed by atoms with Gasteiger partial charge in [0.15, 0.2) is 0 Å². The van der Waals surface area contributed by atoms with Crippen LogP contribution in [0, 0.1) is 5.92 Å². The van der Waals surface area contributed by atoms with Crippen LogP contribution in [0.2, 0.25) is 0 Å². The second-order valence-corrected chi connectivity index (χ2v) is 5.84. The highest BCUT2D eigenvalue weighted by Crippen LogP contribution is 2.54. The molecule has 0 saturated heterocycles. The number of carbonyl (C=O) groups excluding carboxylic acids is 1. The normalized spacial score (nSPS) is 27.4. The molecule has 0 aliphatic heterocycles. The predicted molar refractivity (Wildman–Crippen MR) is 87.3 cm³/mol. The van der Waals surface area contributed by atoms with Crippen LogP contribution < -0.4 is 5.73 Å². The van der Waals surface area contributed by atoms with Crippen molar-refractivity contribution in [2.45, 2.75) is 17.9 Å². The molecule has 2 N–H and O–H groups in total. The van der Waals surface area contributed by atoms with Crippen molar-refractivity contribution in [1.29, 1.82) is 0 Å². The van der Waals surface area contributed by atoms with Crippen LogP contribution in [0.5, 0.6) is 0 Å². The molecule has 3 nitrogen and oxygen atoms in total. The molecule has 3 aliphatic carbocycles. The predicted octanol–water partition coefficient (Wildman–Crippen LogP) is 2.82. The molecular formula is C18H18ClNO2. The van der Waals surface area contributed by atoms with Crippen LogP contribution in [-0.4, -0.2) is 19.1 Å². The minimum Gasteiger partial charge on any atom is -0.469 e. The molecule has 0 saturated carbocycles. The standard InChI is InChI=1S/C18H17NO2.ClH/c1-21-18(20)16-14-10-6-2-4-8-12(10)15(17(16)19)13-9-5-3-7-11(13)14;/h2-9,14-17H,19H2,1H3;1H/t14-,15+,16?,17?;. The summed E-state index contributed by atoms with van der Waals surface area (Å²) >= 11 is 0. The third-order valence-corrected chi connectivity index (χ3v) is 4.96. The number of hydrogen-bond donors (Lipinski definition) is 1. The summed E-state index contributed by atoms with van der Waals surface area (Å²) in [6.07, 6.45) is 0. The van der Waals surface area contributed by atoms with Gasteiger partial charge in [-0.1, -0.05) is 48.5 Å². The van der Waals surface area contributed by atoms with E-state index < -0.39 is 0 Å². The van der Waals surface area contributed by atoms with Gasteiger partial charge in [-0.25, -0.2) is 0 Å². The zero-order valence-electron chi connectivity index (χ0n) is 12.2. The molecule has 2 atom stereocenters. The Bertz CT molecular complexity index is 683. The Morgan fingerprint density at radius 2 is 1.32 bits per heavy atom. The van der Waals surface area contributed by atoms with E-state index in [9.17, 15) is 4.79 Å². The van der Waals surface area contributed by atoms with Crippen molar-refractivity contribution < 1.29 is 9.53 Å². The van der Waals surface area contributed by atoms with Crippen LogP contribution in [0.25, 0.3) is 0 Å². The summed E-state index contributed by atoms with van der Waals surface area (Å²) in [5.41, 5.74) is 11.4. The highest BCUT2D eigenvalue weighted by Gasteiger charge is 2.51. The summed E-state index contributed by atoms with van der Waals surface area (Å²) in [6, 6.07) is 16.4. The molecule has 0 radical (unpaired) electrons. The Morgan fingerprint density at radius 3 is 1.73 bits per heavy atom. The number of nitrogens with two attached hydrogens (primary N) is 1. The number of hydrogen-bond acceptors (Lipinski definition) is 3. The molecule has 0 amide bonds. The number of ether oxygens (including phenoxy) is 1. The smallest absolute Gasteiger partial charge is 0.311 e. The first-order valence-electron chi connectivity index (χ1n) is 7.25. The minimum absolute atomic E-state index is 0. The van der Waals surface area contributed by atoms with Crippen LogP contribution in [0.15, 0.2) is 48.5 Å². The Balaban J connectivity index is 0.00000144. The molecule has 2 aromatic rings. The van der Waals surface area contributed by atoms with E-state index in [0.717, 1.165) is 0 Å². The molecule has 0 fully saturated rings. The molecule has 5 rings (SSSR count). The lowest BCUT2D eigenvalue weighted by Gasteiger charge is -2.48. The fraction of sp³-hybridized carbons (Fsp3) is 0.278. The second kappa shape index (κ2) is 5.41. The van der Waals surface area contributed by atoms with E-state index in [1.807, 2.05) is 24.3 Å². The Morgan fingerprint density at radius 1 is 0.909 bits per heavy atom. The average Bonchev–Trinajstić information content (AvgIpc) is 2.54. The number of benzene rings is 2. The lowest BCUT2D eigenvalue weighted by atomic mass is 9.57. The average molecular weight is 316 g/mol. The van der Waals surface area contributed by atoms with E-state index in [0.29, 0.717) is 0 Å². The van der Waals surface area contributed by atoms with Gasteiger partial charge >= 0.3 is 5.97 Å². The minimum atomic E-state index is -0.301. The fourth-order valence-corrected chi connectivity index (χ4v) is 4.15. The summed E-state index contributed by atoms with van der Waals surface area (Å²) in [5, 5.41) is 0. The van der Waals surface area contributed by atoms with Crippen molar-refractivity contribution in [3.63, 3.8) is 0 Å². The summed E-state index contributed by atoms with van der Waals surface area (Å²) in [5.74, 6) is -0.428. The van der Waals surface area contributed by atoms with E-state index in [1.54, 1.807) is 0 Å². The first-order valence-corrected chi connectivity index (χ1v) is 7.25. The molecular weight excluding hydrogens is 298 g/mol. The molecule has 2 aromatic carbocycles. The number of carbonyl (C=O) groups is 1. The lowest BCUT2D eigenvalue weighted by Crippen LogP contribution is -2.51. The van der Waals surface area contributed by atoms with Gasteiger partial charge in [-0.05, 0) is 22.3 Å². The molecule has 0 aromatic heterocycles. The van der Waals surface area contributed by atoms with Gasteiger partial charge in [-0.15, -0.1) is 12.4 Å². The highest BCUT2D eigenvalue weighted by atomic mass is 35.5. The zero-order valence-corrected chi connectivity index (χ0v) is 13.0. The monoisotopic (exact) mass is 315 g/mol. The van der Waals surface area contributed by atoms with Crippen LogP contribution in [0.3, 0.4) is 0 Å². The molecule has 4 heteroatoms. The largest absolute Gasteiger partial charge is 0.469 e. The molecule has 114 valence electrons. The van der Waals surface area contributed by atoms with E-state index in [-0.39, 0.29) is 42.2 Å². The van der Waals surface area contributed by atoms with Crippen molar-refractivity contribution in [3.05, 3.63) is 70.8 Å². The third kappa shape index (κ3) is 1.82. The lowest BCUT2D eigenvalue weighted by molar-refractivity contribution is -0.147. The third-order valence-electron chi connectivity index (χ3n) is 4.96. The first kappa shape index (κ1) is 15.1. The summed E-state index contributed by atoms with van der Waals surface area (Å²) in [4.78, 5) is 12.3. The van der Waals surface area contributed by atoms with Gasteiger partial charge in [0.05, 0.1) is 13.0 Å². The van der Waals surface area contributed by atoms with Gasteiger partial charge < -0.3 is 10.5 Å². The summed E-state index contributed by atoms with van der Waals surface area (Å²) < 4.78 is 5.02. The zero-order chi connectivity index (χ0) is 14.6. The first-order chi connectivity index (χ1) is 10.2. The van der Waals surface area contributed by atoms with Crippen molar-refractivity contribution in [3.8, 4) is 0 Å². The van der Waals surface area contributed by atoms with Gasteiger partial charge in [0, 0.05) is 17.9 Å². The SMILES string of the molecule is COC(=O)C1C(N)[C@H]2c3ccccc3[C@@H]1c1ccccc12.Cl. The van der Waals surface area contributed by atoms with Gasteiger partial charge in [-0.2, -0.15) is 0 Å². The van der Waals surface area contributed by atoms with E-state index in [1.165, 1.54) is 29.4 Å². The topological polar surface area (TPSA) is 52.3 Å². The van der Waals surface area contributed by atoms with Crippen LogP contribution in [0.4, 0.5) is 0 Å². The quantitative estimate of drug-likeness (QED) is 0.823.